The maximum absolute atomic E-state index is 13.8. The molecule has 0 saturated carbocycles. The Morgan fingerprint density at radius 2 is 1.71 bits per heavy atom. The number of nitrogens with zero attached hydrogens (tertiary/aromatic N) is 3. The fraction of sp³-hybridized carbons (Fsp3) is 0.118. The van der Waals surface area contributed by atoms with Crippen LogP contribution in [-0.2, 0) is 0 Å². The van der Waals surface area contributed by atoms with Crippen LogP contribution in [0.4, 0.5) is 22.0 Å². The van der Waals surface area contributed by atoms with Crippen LogP contribution in [0.2, 0.25) is 0 Å². The number of rotatable bonds is 5. The van der Waals surface area contributed by atoms with Gasteiger partial charge in [-0.25, -0.2) is 4.39 Å². The second-order valence-electron chi connectivity index (χ2n) is 5.06. The Hall–Kier alpha value is -2.67. The van der Waals surface area contributed by atoms with Crippen LogP contribution < -0.4 is 11.1 Å². The Kier molecular flexibility index (Phi) is 4.90. The largest absolute Gasteiger partial charge is 0.368 e. The fourth-order valence-corrected chi connectivity index (χ4v) is 3.01. The zero-order valence-electron chi connectivity index (χ0n) is 13.0. The van der Waals surface area contributed by atoms with Gasteiger partial charge in [-0.1, -0.05) is 30.3 Å². The number of benzene rings is 2. The predicted molar refractivity (Wildman–Crippen MR) is 94.6 cm³/mol. The summed E-state index contributed by atoms with van der Waals surface area (Å²) in [5.74, 6) is 0.720. The highest BCUT2D eigenvalue weighted by Gasteiger charge is 2.15. The van der Waals surface area contributed by atoms with E-state index in [0.29, 0.717) is 16.7 Å². The van der Waals surface area contributed by atoms with Gasteiger partial charge in [0.2, 0.25) is 11.9 Å². The lowest BCUT2D eigenvalue weighted by Gasteiger charge is -2.12. The van der Waals surface area contributed by atoms with E-state index in [4.69, 9.17) is 5.73 Å². The molecule has 0 bridgehead atoms. The van der Waals surface area contributed by atoms with E-state index in [1.54, 1.807) is 18.2 Å². The van der Waals surface area contributed by atoms with Crippen LogP contribution in [0.1, 0.15) is 18.0 Å². The predicted octanol–water partition coefficient (Wildman–Crippen LogP) is 4.19. The Bertz CT molecular complexity index is 828. The number of halogens is 1. The van der Waals surface area contributed by atoms with Gasteiger partial charge in [-0.3, -0.25) is 0 Å². The van der Waals surface area contributed by atoms with E-state index in [9.17, 15) is 4.39 Å². The van der Waals surface area contributed by atoms with Gasteiger partial charge in [-0.05, 0) is 31.2 Å². The fourth-order valence-electron chi connectivity index (χ4n) is 2.08. The first-order valence-corrected chi connectivity index (χ1v) is 8.24. The number of para-hydroxylation sites is 1. The lowest BCUT2D eigenvalue weighted by molar-refractivity contribution is 0.601. The van der Waals surface area contributed by atoms with Gasteiger partial charge in [-0.15, -0.1) is 11.8 Å². The number of hydrogen-bond donors (Lipinski definition) is 2. The lowest BCUT2D eigenvalue weighted by Crippen LogP contribution is -2.08. The summed E-state index contributed by atoms with van der Waals surface area (Å²) < 4.78 is 13.8. The standard InChI is InChI=1S/C17H16FN5S/c1-11(24-14-10-6-5-9-13(14)18)15-21-16(19)23-17(22-15)20-12-7-3-2-4-8-12/h2-11H,1H3,(H3,19,20,21,22,23)/t11-/m0/s1. The van der Waals surface area contributed by atoms with E-state index in [2.05, 4.69) is 20.3 Å². The summed E-state index contributed by atoms with van der Waals surface area (Å²) in [6.45, 7) is 1.90. The monoisotopic (exact) mass is 341 g/mol. The van der Waals surface area contributed by atoms with Crippen molar-refractivity contribution >= 4 is 29.3 Å². The highest BCUT2D eigenvalue weighted by molar-refractivity contribution is 7.99. The van der Waals surface area contributed by atoms with Crippen LogP contribution in [0.25, 0.3) is 0 Å². The molecule has 0 spiro atoms. The Morgan fingerprint density at radius 1 is 1.00 bits per heavy atom. The van der Waals surface area contributed by atoms with E-state index < -0.39 is 0 Å². The van der Waals surface area contributed by atoms with Gasteiger partial charge >= 0.3 is 0 Å². The summed E-state index contributed by atoms with van der Waals surface area (Å²) in [5, 5.41) is 2.91. The topological polar surface area (TPSA) is 76.7 Å². The quantitative estimate of drug-likeness (QED) is 0.678. The number of nitrogen functional groups attached to an aromatic ring is 1. The minimum atomic E-state index is -0.265. The molecule has 0 unspecified atom stereocenters. The molecule has 3 aromatic rings. The molecule has 1 heterocycles. The van der Waals surface area contributed by atoms with Crippen LogP contribution >= 0.6 is 11.8 Å². The molecule has 7 heteroatoms. The molecule has 24 heavy (non-hydrogen) atoms. The summed E-state index contributed by atoms with van der Waals surface area (Å²) in [5.41, 5.74) is 6.64. The van der Waals surface area contributed by atoms with Crippen molar-refractivity contribution in [3.05, 3.63) is 66.2 Å². The molecular weight excluding hydrogens is 325 g/mol. The van der Waals surface area contributed by atoms with Gasteiger partial charge < -0.3 is 11.1 Å². The molecule has 5 nitrogen and oxygen atoms in total. The van der Waals surface area contributed by atoms with Crippen molar-refractivity contribution in [2.45, 2.75) is 17.1 Å². The summed E-state index contributed by atoms with van der Waals surface area (Å²) in [4.78, 5) is 13.2. The van der Waals surface area contributed by atoms with Crippen molar-refractivity contribution < 1.29 is 4.39 Å². The summed E-state index contributed by atoms with van der Waals surface area (Å²) >= 11 is 1.34. The van der Waals surface area contributed by atoms with Gasteiger partial charge in [-0.2, -0.15) is 15.0 Å². The third kappa shape index (κ3) is 3.99. The Balaban J connectivity index is 1.81. The zero-order valence-corrected chi connectivity index (χ0v) is 13.8. The summed E-state index contributed by atoms with van der Waals surface area (Å²) in [7, 11) is 0. The molecule has 122 valence electrons. The molecule has 2 aromatic carbocycles. The smallest absolute Gasteiger partial charge is 0.232 e. The Morgan fingerprint density at radius 3 is 2.46 bits per heavy atom. The van der Waals surface area contributed by atoms with E-state index in [1.807, 2.05) is 37.3 Å². The second-order valence-corrected chi connectivity index (χ2v) is 6.44. The molecule has 0 aliphatic carbocycles. The second kappa shape index (κ2) is 7.27. The maximum atomic E-state index is 13.8. The highest BCUT2D eigenvalue weighted by atomic mass is 32.2. The molecule has 0 radical (unpaired) electrons. The molecule has 0 fully saturated rings. The van der Waals surface area contributed by atoms with Crippen molar-refractivity contribution in [3.8, 4) is 0 Å². The van der Waals surface area contributed by atoms with Gasteiger partial charge in [0.25, 0.3) is 0 Å². The van der Waals surface area contributed by atoms with Crippen molar-refractivity contribution in [3.63, 3.8) is 0 Å². The molecule has 1 aromatic heterocycles. The third-order valence-electron chi connectivity index (χ3n) is 3.20. The van der Waals surface area contributed by atoms with Crippen molar-refractivity contribution in [1.82, 2.24) is 15.0 Å². The van der Waals surface area contributed by atoms with Crippen LogP contribution in [0, 0.1) is 5.82 Å². The van der Waals surface area contributed by atoms with Crippen LogP contribution in [0.15, 0.2) is 59.5 Å². The average Bonchev–Trinajstić information content (AvgIpc) is 2.57. The first kappa shape index (κ1) is 16.2. The summed E-state index contributed by atoms with van der Waals surface area (Å²) in [6, 6.07) is 16.1. The lowest BCUT2D eigenvalue weighted by atomic mass is 10.3. The minimum Gasteiger partial charge on any atom is -0.368 e. The molecule has 3 N–H and O–H groups in total. The number of nitrogens with two attached hydrogens (primary N) is 1. The number of anilines is 3. The van der Waals surface area contributed by atoms with E-state index in [0.717, 1.165) is 5.69 Å². The summed E-state index contributed by atoms with van der Waals surface area (Å²) in [6.07, 6.45) is 0. The van der Waals surface area contributed by atoms with Gasteiger partial charge in [0, 0.05) is 10.6 Å². The third-order valence-corrected chi connectivity index (χ3v) is 4.35. The van der Waals surface area contributed by atoms with Gasteiger partial charge in [0.05, 0.1) is 5.25 Å². The van der Waals surface area contributed by atoms with Gasteiger partial charge in [0.15, 0.2) is 0 Å². The molecule has 0 aliphatic heterocycles. The van der Waals surface area contributed by atoms with Gasteiger partial charge in [0.1, 0.15) is 11.6 Å². The van der Waals surface area contributed by atoms with E-state index >= 15 is 0 Å². The van der Waals surface area contributed by atoms with E-state index in [-0.39, 0.29) is 17.0 Å². The van der Waals surface area contributed by atoms with E-state index in [1.165, 1.54) is 17.8 Å². The first-order chi connectivity index (χ1) is 11.6. The Labute approximate surface area is 143 Å². The number of nitrogens with one attached hydrogen (secondary N) is 1. The van der Waals surface area contributed by atoms with Crippen LogP contribution in [-0.4, -0.2) is 15.0 Å². The average molecular weight is 341 g/mol. The van der Waals surface area contributed by atoms with Crippen molar-refractivity contribution in [2.75, 3.05) is 11.1 Å². The number of aromatic nitrogens is 3. The van der Waals surface area contributed by atoms with Crippen LogP contribution in [0.5, 0.6) is 0 Å². The maximum Gasteiger partial charge on any atom is 0.232 e. The zero-order chi connectivity index (χ0) is 16.9. The molecule has 0 amide bonds. The van der Waals surface area contributed by atoms with Crippen LogP contribution in [0.3, 0.4) is 0 Å². The first-order valence-electron chi connectivity index (χ1n) is 7.36. The number of hydrogen-bond acceptors (Lipinski definition) is 6. The minimum absolute atomic E-state index is 0.124. The number of thioether (sulfide) groups is 1. The highest BCUT2D eigenvalue weighted by Crippen LogP contribution is 2.34. The molecule has 1 atom stereocenters. The van der Waals surface area contributed by atoms with Crippen molar-refractivity contribution in [2.24, 2.45) is 0 Å². The molecular formula is C17H16FN5S. The SMILES string of the molecule is C[C@H](Sc1ccccc1F)c1nc(N)nc(Nc2ccccc2)n1. The molecule has 0 aliphatic rings. The van der Waals surface area contributed by atoms with Crippen molar-refractivity contribution in [1.29, 1.82) is 0 Å². The molecule has 3 rings (SSSR count). The normalized spacial score (nSPS) is 11.9. The molecule has 0 saturated heterocycles.